The number of aliphatic hydroxyl groups excluding tert-OH is 1. The first kappa shape index (κ1) is 16.8. The highest BCUT2D eigenvalue weighted by Gasteiger charge is 2.12. The molecule has 2 aromatic carbocycles. The zero-order chi connectivity index (χ0) is 16.8. The molecule has 0 unspecified atom stereocenters. The summed E-state index contributed by atoms with van der Waals surface area (Å²) in [4.78, 5) is 2.28. The molecular formula is C20H25NO3. The molecule has 128 valence electrons. The first-order chi connectivity index (χ1) is 11.7. The Hall–Kier alpha value is -2.04. The molecule has 1 heterocycles. The Kier molecular flexibility index (Phi) is 5.72. The van der Waals surface area contributed by atoms with Gasteiger partial charge in [0.15, 0.2) is 11.5 Å². The van der Waals surface area contributed by atoms with Crippen LogP contribution in [-0.2, 0) is 13.0 Å². The molecule has 1 aliphatic rings. The SMILES string of the molecule is Cc1ccc(CN(CCO)CCc2ccc3c(c2)OCCO3)cc1. The summed E-state index contributed by atoms with van der Waals surface area (Å²) in [6.07, 6.45) is 0.919. The third-order valence-electron chi connectivity index (χ3n) is 4.27. The van der Waals surface area contributed by atoms with Crippen LogP contribution in [0, 0.1) is 6.92 Å². The minimum absolute atomic E-state index is 0.174. The molecule has 0 saturated heterocycles. The van der Waals surface area contributed by atoms with Crippen LogP contribution < -0.4 is 9.47 Å². The zero-order valence-electron chi connectivity index (χ0n) is 14.2. The van der Waals surface area contributed by atoms with Crippen LogP contribution >= 0.6 is 0 Å². The second-order valence-electron chi connectivity index (χ2n) is 6.21. The van der Waals surface area contributed by atoms with Crippen LogP contribution in [0.5, 0.6) is 11.5 Å². The van der Waals surface area contributed by atoms with Crippen molar-refractivity contribution in [1.82, 2.24) is 4.90 Å². The molecular weight excluding hydrogens is 302 g/mol. The summed E-state index contributed by atoms with van der Waals surface area (Å²) in [5, 5.41) is 9.34. The highest BCUT2D eigenvalue weighted by atomic mass is 16.6. The van der Waals surface area contributed by atoms with Crippen LogP contribution in [0.15, 0.2) is 42.5 Å². The normalized spacial score (nSPS) is 13.3. The van der Waals surface area contributed by atoms with Crippen molar-refractivity contribution in [3.05, 3.63) is 59.2 Å². The van der Waals surface area contributed by atoms with Gasteiger partial charge in [-0.15, -0.1) is 0 Å². The summed E-state index contributed by atoms with van der Waals surface area (Å²) in [5.74, 6) is 1.67. The standard InChI is InChI=1S/C20H25NO3/c1-16-2-4-18(5-3-16)15-21(10-11-22)9-8-17-6-7-19-20(14-17)24-13-12-23-19/h2-7,14,22H,8-13,15H2,1H3. The predicted molar refractivity (Wildman–Crippen MR) is 94.7 cm³/mol. The van der Waals surface area contributed by atoms with Gasteiger partial charge in [0, 0.05) is 19.6 Å². The number of rotatable bonds is 7. The number of aryl methyl sites for hydroxylation is 1. The highest BCUT2D eigenvalue weighted by Crippen LogP contribution is 2.30. The highest BCUT2D eigenvalue weighted by molar-refractivity contribution is 5.43. The van der Waals surface area contributed by atoms with E-state index in [4.69, 9.17) is 9.47 Å². The quantitative estimate of drug-likeness (QED) is 0.849. The largest absolute Gasteiger partial charge is 0.486 e. The number of aliphatic hydroxyl groups is 1. The molecule has 0 aromatic heterocycles. The predicted octanol–water partition coefficient (Wildman–Crippen LogP) is 2.80. The van der Waals surface area contributed by atoms with Gasteiger partial charge in [-0.05, 0) is 36.6 Å². The van der Waals surface area contributed by atoms with E-state index in [0.29, 0.717) is 19.8 Å². The van der Waals surface area contributed by atoms with E-state index in [1.165, 1.54) is 16.7 Å². The van der Waals surface area contributed by atoms with Crippen LogP contribution in [0.1, 0.15) is 16.7 Å². The van der Waals surface area contributed by atoms with Gasteiger partial charge in [0.2, 0.25) is 0 Å². The topological polar surface area (TPSA) is 41.9 Å². The van der Waals surface area contributed by atoms with E-state index in [1.807, 2.05) is 6.07 Å². The molecule has 1 N–H and O–H groups in total. The van der Waals surface area contributed by atoms with Crippen molar-refractivity contribution in [2.24, 2.45) is 0 Å². The maximum absolute atomic E-state index is 9.34. The van der Waals surface area contributed by atoms with Gasteiger partial charge in [-0.1, -0.05) is 35.9 Å². The number of nitrogens with zero attached hydrogens (tertiary/aromatic N) is 1. The zero-order valence-corrected chi connectivity index (χ0v) is 14.2. The smallest absolute Gasteiger partial charge is 0.161 e. The average Bonchev–Trinajstić information content (AvgIpc) is 2.61. The summed E-state index contributed by atoms with van der Waals surface area (Å²) >= 11 is 0. The fourth-order valence-electron chi connectivity index (χ4n) is 2.89. The minimum Gasteiger partial charge on any atom is -0.486 e. The van der Waals surface area contributed by atoms with Gasteiger partial charge in [0.05, 0.1) is 6.61 Å². The maximum Gasteiger partial charge on any atom is 0.161 e. The second kappa shape index (κ2) is 8.18. The van der Waals surface area contributed by atoms with Crippen molar-refractivity contribution in [1.29, 1.82) is 0 Å². The van der Waals surface area contributed by atoms with Crippen molar-refractivity contribution < 1.29 is 14.6 Å². The fraction of sp³-hybridized carbons (Fsp3) is 0.400. The summed E-state index contributed by atoms with van der Waals surface area (Å²) < 4.78 is 11.2. The molecule has 0 atom stereocenters. The van der Waals surface area contributed by atoms with Crippen LogP contribution in [0.3, 0.4) is 0 Å². The Morgan fingerprint density at radius 2 is 1.62 bits per heavy atom. The van der Waals surface area contributed by atoms with Crippen molar-refractivity contribution >= 4 is 0 Å². The average molecular weight is 327 g/mol. The summed E-state index contributed by atoms with van der Waals surface area (Å²) in [6, 6.07) is 14.7. The molecule has 0 saturated carbocycles. The third-order valence-corrected chi connectivity index (χ3v) is 4.27. The first-order valence-corrected chi connectivity index (χ1v) is 8.52. The van der Waals surface area contributed by atoms with Crippen molar-refractivity contribution in [3.63, 3.8) is 0 Å². The lowest BCUT2D eigenvalue weighted by Gasteiger charge is -2.22. The maximum atomic E-state index is 9.34. The molecule has 1 aliphatic heterocycles. The molecule has 24 heavy (non-hydrogen) atoms. The van der Waals surface area contributed by atoms with E-state index in [9.17, 15) is 5.11 Å². The van der Waals surface area contributed by atoms with Crippen LogP contribution in [0.4, 0.5) is 0 Å². The third kappa shape index (κ3) is 4.49. The van der Waals surface area contributed by atoms with Crippen molar-refractivity contribution in [3.8, 4) is 11.5 Å². The van der Waals surface area contributed by atoms with Crippen LogP contribution in [-0.4, -0.2) is 42.9 Å². The van der Waals surface area contributed by atoms with Crippen molar-refractivity contribution in [2.75, 3.05) is 32.9 Å². The molecule has 0 fully saturated rings. The lowest BCUT2D eigenvalue weighted by atomic mass is 10.1. The summed E-state index contributed by atoms with van der Waals surface area (Å²) in [5.41, 5.74) is 3.77. The molecule has 2 aromatic rings. The Labute approximate surface area is 143 Å². The molecule has 4 nitrogen and oxygen atoms in total. The molecule has 0 radical (unpaired) electrons. The Morgan fingerprint density at radius 1 is 0.917 bits per heavy atom. The number of ether oxygens (including phenoxy) is 2. The van der Waals surface area contributed by atoms with Gasteiger partial charge in [-0.2, -0.15) is 0 Å². The van der Waals surface area contributed by atoms with Crippen molar-refractivity contribution in [2.45, 2.75) is 19.9 Å². The molecule has 0 spiro atoms. The molecule has 0 bridgehead atoms. The molecule has 0 aliphatic carbocycles. The number of benzene rings is 2. The van der Waals surface area contributed by atoms with Gasteiger partial charge in [-0.25, -0.2) is 0 Å². The van der Waals surface area contributed by atoms with Gasteiger partial charge in [-0.3, -0.25) is 4.90 Å². The van der Waals surface area contributed by atoms with Gasteiger partial charge < -0.3 is 14.6 Å². The van der Waals surface area contributed by atoms with E-state index in [-0.39, 0.29) is 6.61 Å². The minimum atomic E-state index is 0.174. The fourth-order valence-corrected chi connectivity index (χ4v) is 2.89. The van der Waals surface area contributed by atoms with Gasteiger partial charge in [0.1, 0.15) is 13.2 Å². The van der Waals surface area contributed by atoms with Crippen LogP contribution in [0.25, 0.3) is 0 Å². The summed E-state index contributed by atoms with van der Waals surface area (Å²) in [7, 11) is 0. The Bertz CT molecular complexity index is 654. The van der Waals surface area contributed by atoms with E-state index in [1.54, 1.807) is 0 Å². The number of fused-ring (bicyclic) bond motifs is 1. The monoisotopic (exact) mass is 327 g/mol. The number of hydrogen-bond donors (Lipinski definition) is 1. The van der Waals surface area contributed by atoms with Crippen LogP contribution in [0.2, 0.25) is 0 Å². The first-order valence-electron chi connectivity index (χ1n) is 8.52. The number of hydrogen-bond acceptors (Lipinski definition) is 4. The van der Waals surface area contributed by atoms with E-state index < -0.39 is 0 Å². The Balaban J connectivity index is 1.60. The lowest BCUT2D eigenvalue weighted by molar-refractivity contribution is 0.171. The van der Waals surface area contributed by atoms with Gasteiger partial charge in [0.25, 0.3) is 0 Å². The molecule has 3 rings (SSSR count). The molecule has 0 amide bonds. The van der Waals surface area contributed by atoms with E-state index >= 15 is 0 Å². The Morgan fingerprint density at radius 3 is 2.38 bits per heavy atom. The second-order valence-corrected chi connectivity index (χ2v) is 6.21. The summed E-state index contributed by atoms with van der Waals surface area (Å²) in [6.45, 7) is 5.93. The molecule has 4 heteroatoms. The lowest BCUT2D eigenvalue weighted by Crippen LogP contribution is -2.28. The van der Waals surface area contributed by atoms with E-state index in [2.05, 4.69) is 48.2 Å². The van der Waals surface area contributed by atoms with Gasteiger partial charge >= 0.3 is 0 Å². The van der Waals surface area contributed by atoms with E-state index in [0.717, 1.165) is 31.0 Å².